The molecule has 0 spiro atoms. The summed E-state index contributed by atoms with van der Waals surface area (Å²) in [5.74, 6) is 0.774. The minimum Gasteiger partial charge on any atom is -0.342 e. The minimum absolute atomic E-state index is 0.0709. The van der Waals surface area contributed by atoms with Gasteiger partial charge in [-0.25, -0.2) is 4.98 Å². The van der Waals surface area contributed by atoms with Gasteiger partial charge in [-0.1, -0.05) is 50.7 Å². The van der Waals surface area contributed by atoms with Gasteiger partial charge in [-0.05, 0) is 60.1 Å². The molecule has 1 aliphatic heterocycles. The van der Waals surface area contributed by atoms with Crippen LogP contribution < -0.4 is 0 Å². The van der Waals surface area contributed by atoms with Crippen LogP contribution in [0.15, 0.2) is 45.6 Å². The number of carbonyl (C=O) groups is 1. The van der Waals surface area contributed by atoms with Crippen molar-refractivity contribution in [1.82, 2.24) is 9.88 Å². The lowest BCUT2D eigenvalue weighted by Crippen LogP contribution is -2.56. The van der Waals surface area contributed by atoms with Gasteiger partial charge in [0.2, 0.25) is 5.91 Å². The number of likely N-dealkylation sites (N-methyl/N-ethyl adjacent to an activating group) is 1. The molecule has 3 nitrogen and oxygen atoms in total. The van der Waals surface area contributed by atoms with Crippen molar-refractivity contribution in [2.75, 3.05) is 7.05 Å². The summed E-state index contributed by atoms with van der Waals surface area (Å²) in [7, 11) is 1.98. The number of thiazole rings is 1. The van der Waals surface area contributed by atoms with Gasteiger partial charge in [0, 0.05) is 29.8 Å². The van der Waals surface area contributed by atoms with Crippen molar-refractivity contribution in [1.29, 1.82) is 0 Å². The van der Waals surface area contributed by atoms with E-state index in [2.05, 4.69) is 57.2 Å². The van der Waals surface area contributed by atoms with Gasteiger partial charge in [0.1, 0.15) is 0 Å². The fraction of sp³-hybridized carbons (Fsp3) is 0.440. The molecule has 0 N–H and O–H groups in total. The second-order valence-corrected chi connectivity index (χ2v) is 11.6. The van der Waals surface area contributed by atoms with E-state index in [-0.39, 0.29) is 5.41 Å². The van der Waals surface area contributed by atoms with E-state index in [0.717, 1.165) is 29.1 Å². The highest BCUT2D eigenvalue weighted by atomic mass is 32.2. The minimum atomic E-state index is 0.0709. The molecule has 0 bridgehead atoms. The number of aryl methyl sites for hydroxylation is 1. The predicted molar refractivity (Wildman–Crippen MR) is 126 cm³/mol. The van der Waals surface area contributed by atoms with Crippen LogP contribution in [0.2, 0.25) is 0 Å². The largest absolute Gasteiger partial charge is 0.342 e. The number of aromatic nitrogens is 1. The maximum atomic E-state index is 12.2. The van der Waals surface area contributed by atoms with E-state index in [9.17, 15) is 4.79 Å². The molecule has 0 saturated carbocycles. The van der Waals surface area contributed by atoms with E-state index in [1.807, 2.05) is 11.9 Å². The number of rotatable bonds is 3. The number of benzene rings is 2. The predicted octanol–water partition coefficient (Wildman–Crippen LogP) is 6.40. The molecule has 2 aromatic carbocycles. The molecule has 1 amide bonds. The molecule has 1 unspecified atom stereocenters. The average Bonchev–Trinajstić information content (AvgIpc) is 3.13. The summed E-state index contributed by atoms with van der Waals surface area (Å²) < 4.78 is 2.38. The Morgan fingerprint density at radius 1 is 1.23 bits per heavy atom. The number of amides is 1. The normalized spacial score (nSPS) is 23.7. The number of para-hydroxylation sites is 1. The van der Waals surface area contributed by atoms with Crippen LogP contribution >= 0.6 is 23.1 Å². The first-order valence-corrected chi connectivity index (χ1v) is 12.5. The molecule has 30 heavy (non-hydrogen) atoms. The fourth-order valence-corrected chi connectivity index (χ4v) is 7.52. The molecule has 1 aliphatic carbocycles. The molecule has 0 radical (unpaired) electrons. The van der Waals surface area contributed by atoms with E-state index in [4.69, 9.17) is 4.98 Å². The van der Waals surface area contributed by atoms with E-state index in [1.165, 1.54) is 26.3 Å². The maximum Gasteiger partial charge on any atom is 0.222 e. The third-order valence-corrected chi connectivity index (χ3v) is 9.16. The van der Waals surface area contributed by atoms with Gasteiger partial charge in [0.05, 0.1) is 10.2 Å². The van der Waals surface area contributed by atoms with Gasteiger partial charge in [-0.2, -0.15) is 0 Å². The Kier molecular flexibility index (Phi) is 4.94. The molecule has 5 rings (SSSR count). The zero-order valence-corrected chi connectivity index (χ0v) is 19.7. The molecule has 1 saturated heterocycles. The summed E-state index contributed by atoms with van der Waals surface area (Å²) >= 11 is 3.57. The van der Waals surface area contributed by atoms with Crippen LogP contribution in [0.1, 0.15) is 62.6 Å². The van der Waals surface area contributed by atoms with E-state index < -0.39 is 0 Å². The first kappa shape index (κ1) is 20.1. The number of carbonyl (C=O) groups excluding carboxylic acids is 1. The highest BCUT2D eigenvalue weighted by Crippen LogP contribution is 2.47. The SMILES string of the molecule is CC(C)c1cccc2sc(Sc3ccc4c(c3)CCC3N(C)C(=O)CC[C@]43C)nc12. The van der Waals surface area contributed by atoms with Crippen molar-refractivity contribution in [3.8, 4) is 0 Å². The van der Waals surface area contributed by atoms with Gasteiger partial charge in [-0.3, -0.25) is 4.79 Å². The van der Waals surface area contributed by atoms with Crippen molar-refractivity contribution in [2.24, 2.45) is 0 Å². The Balaban J connectivity index is 1.45. The van der Waals surface area contributed by atoms with Crippen LogP contribution in [0.3, 0.4) is 0 Å². The van der Waals surface area contributed by atoms with Crippen LogP contribution in [-0.2, 0) is 16.6 Å². The molecule has 2 heterocycles. The quantitative estimate of drug-likeness (QED) is 0.476. The second kappa shape index (κ2) is 7.38. The summed E-state index contributed by atoms with van der Waals surface area (Å²) in [4.78, 5) is 20.5. The molecular weight excluding hydrogens is 408 g/mol. The lowest BCUT2D eigenvalue weighted by molar-refractivity contribution is -0.138. The molecule has 1 aromatic heterocycles. The van der Waals surface area contributed by atoms with E-state index in [1.54, 1.807) is 23.1 Å². The first-order chi connectivity index (χ1) is 14.4. The van der Waals surface area contributed by atoms with Crippen molar-refractivity contribution < 1.29 is 4.79 Å². The molecule has 5 heteroatoms. The summed E-state index contributed by atoms with van der Waals surface area (Å²) in [6.07, 6.45) is 3.71. The third kappa shape index (κ3) is 3.18. The van der Waals surface area contributed by atoms with Crippen molar-refractivity contribution in [2.45, 2.75) is 73.1 Å². The van der Waals surface area contributed by atoms with E-state index in [0.29, 0.717) is 24.3 Å². The Morgan fingerprint density at radius 3 is 2.87 bits per heavy atom. The Labute approximate surface area is 186 Å². The van der Waals surface area contributed by atoms with E-state index >= 15 is 0 Å². The summed E-state index contributed by atoms with van der Waals surface area (Å²) in [6, 6.07) is 13.8. The Hall–Kier alpha value is -1.85. The van der Waals surface area contributed by atoms with Gasteiger partial charge in [0.25, 0.3) is 0 Å². The van der Waals surface area contributed by atoms with Crippen molar-refractivity contribution in [3.63, 3.8) is 0 Å². The van der Waals surface area contributed by atoms with Gasteiger partial charge in [-0.15, -0.1) is 11.3 Å². The lowest BCUT2D eigenvalue weighted by Gasteiger charge is -2.50. The molecule has 156 valence electrons. The number of hydrogen-bond acceptors (Lipinski definition) is 4. The number of piperidine rings is 1. The van der Waals surface area contributed by atoms with Crippen LogP contribution in [0.4, 0.5) is 0 Å². The Morgan fingerprint density at radius 2 is 2.07 bits per heavy atom. The summed E-state index contributed by atoms with van der Waals surface area (Å²) in [5, 5.41) is 0. The molecular formula is C25H28N2OS2. The topological polar surface area (TPSA) is 33.2 Å². The highest BCUT2D eigenvalue weighted by molar-refractivity contribution is 8.01. The molecule has 3 aromatic rings. The van der Waals surface area contributed by atoms with Gasteiger partial charge in [0.15, 0.2) is 4.34 Å². The highest BCUT2D eigenvalue weighted by Gasteiger charge is 2.46. The van der Waals surface area contributed by atoms with Gasteiger partial charge < -0.3 is 4.90 Å². The van der Waals surface area contributed by atoms with Gasteiger partial charge >= 0.3 is 0 Å². The van der Waals surface area contributed by atoms with Crippen molar-refractivity contribution >= 4 is 39.2 Å². The number of hydrogen-bond donors (Lipinski definition) is 0. The van der Waals surface area contributed by atoms with Crippen LogP contribution in [0, 0.1) is 0 Å². The van der Waals surface area contributed by atoms with Crippen molar-refractivity contribution in [3.05, 3.63) is 53.1 Å². The standard InChI is InChI=1S/C25H28N2OS2/c1-15(2)18-6-5-7-20-23(18)26-24(30-20)29-17-9-10-19-16(14-17)8-11-21-25(19,3)13-12-22(28)27(21)4/h5-7,9-10,14-15,21H,8,11-13H2,1-4H3/t21?,25-/m1/s1. The summed E-state index contributed by atoms with van der Waals surface area (Å²) in [5.41, 5.74) is 5.44. The van der Waals surface area contributed by atoms with Crippen LogP contribution in [0.5, 0.6) is 0 Å². The van der Waals surface area contributed by atoms with Crippen LogP contribution in [0.25, 0.3) is 10.2 Å². The zero-order valence-electron chi connectivity index (χ0n) is 18.1. The zero-order chi connectivity index (χ0) is 21.0. The molecule has 1 fully saturated rings. The smallest absolute Gasteiger partial charge is 0.222 e. The summed E-state index contributed by atoms with van der Waals surface area (Å²) in [6.45, 7) is 6.81. The maximum absolute atomic E-state index is 12.2. The number of nitrogens with zero attached hydrogens (tertiary/aromatic N) is 2. The number of likely N-dealkylation sites (tertiary alicyclic amines) is 1. The second-order valence-electron chi connectivity index (χ2n) is 9.23. The lowest BCUT2D eigenvalue weighted by atomic mass is 9.63. The average molecular weight is 437 g/mol. The molecule has 2 aliphatic rings. The molecule has 2 atom stereocenters. The number of fused-ring (bicyclic) bond motifs is 4. The Bertz CT molecular complexity index is 1140. The monoisotopic (exact) mass is 436 g/mol. The van der Waals surface area contributed by atoms with Crippen LogP contribution in [-0.4, -0.2) is 28.9 Å². The third-order valence-electron chi connectivity index (χ3n) is 7.09. The fourth-order valence-electron chi connectivity index (χ4n) is 5.39. The first-order valence-electron chi connectivity index (χ1n) is 10.8.